The predicted molar refractivity (Wildman–Crippen MR) is 142 cm³/mol. The van der Waals surface area contributed by atoms with Gasteiger partial charge in [-0.15, -0.1) is 0 Å². The first kappa shape index (κ1) is 33.7. The molecule has 0 aromatic rings. The molecule has 0 heterocycles. The predicted octanol–water partition coefficient (Wildman–Crippen LogP) is 2.05. The van der Waals surface area contributed by atoms with Gasteiger partial charge in [-0.05, 0) is 45.4 Å². The van der Waals surface area contributed by atoms with E-state index in [1.807, 2.05) is 4.90 Å². The first-order valence-electron chi connectivity index (χ1n) is 13.2. The van der Waals surface area contributed by atoms with Gasteiger partial charge in [-0.1, -0.05) is 27.7 Å². The second kappa shape index (κ2) is 20.9. The van der Waals surface area contributed by atoms with Crippen LogP contribution in [0.15, 0.2) is 0 Å². The van der Waals surface area contributed by atoms with Gasteiger partial charge in [-0.25, -0.2) is 0 Å². The lowest BCUT2D eigenvalue weighted by Gasteiger charge is -2.21. The topological polar surface area (TPSA) is 101 Å². The maximum absolute atomic E-state index is 12.3. The van der Waals surface area contributed by atoms with Crippen molar-refractivity contribution in [1.82, 2.24) is 20.9 Å². The van der Waals surface area contributed by atoms with E-state index in [2.05, 4.69) is 64.4 Å². The van der Waals surface area contributed by atoms with Crippen LogP contribution >= 0.6 is 0 Å². The minimum atomic E-state index is -0.0679. The number of nitrogens with zero attached hydrogens (tertiary/aromatic N) is 1. The van der Waals surface area contributed by atoms with Crippen molar-refractivity contribution in [2.24, 2.45) is 11.8 Å². The van der Waals surface area contributed by atoms with Gasteiger partial charge >= 0.3 is 0 Å². The molecular formula is C26H54N4O5. The first-order chi connectivity index (χ1) is 16.5. The second-order valence-electron chi connectivity index (χ2n) is 10.8. The molecule has 0 fully saturated rings. The number of amides is 2. The number of hydrogen-bond donors (Lipinski definition) is 3. The molecule has 208 valence electrons. The molecule has 0 aliphatic heterocycles. The van der Waals surface area contributed by atoms with E-state index in [4.69, 9.17) is 14.2 Å². The standard InChI is InChI=1S/C26H54N4O5/c1-22(2)8-10-27-24(31)20-30(21-25(32)28-11-9-23(3)4)13-15-34-17-19-35-18-16-33-14-12-29-26(5,6)7/h22-23,29H,8-21H2,1-7H3,(H,27,31)(H,28,32). The lowest BCUT2D eigenvalue weighted by molar-refractivity contribution is -0.125. The Hall–Kier alpha value is -1.26. The Labute approximate surface area is 214 Å². The fourth-order valence-electron chi connectivity index (χ4n) is 2.97. The van der Waals surface area contributed by atoms with Crippen LogP contribution in [0, 0.1) is 11.8 Å². The van der Waals surface area contributed by atoms with E-state index in [0.717, 1.165) is 19.4 Å². The lowest BCUT2D eigenvalue weighted by atomic mass is 10.1. The first-order valence-corrected chi connectivity index (χ1v) is 13.2. The highest BCUT2D eigenvalue weighted by Crippen LogP contribution is 1.99. The van der Waals surface area contributed by atoms with Gasteiger partial charge in [-0.3, -0.25) is 14.5 Å². The molecule has 0 aliphatic carbocycles. The van der Waals surface area contributed by atoms with Crippen LogP contribution in [0.4, 0.5) is 0 Å². The highest BCUT2D eigenvalue weighted by Gasteiger charge is 2.15. The van der Waals surface area contributed by atoms with Crippen LogP contribution in [0.2, 0.25) is 0 Å². The third kappa shape index (κ3) is 25.6. The molecular weight excluding hydrogens is 448 g/mol. The fraction of sp³-hybridized carbons (Fsp3) is 0.923. The molecule has 2 amide bonds. The van der Waals surface area contributed by atoms with Gasteiger partial charge in [0.1, 0.15) is 0 Å². The Bertz CT molecular complexity index is 510. The molecule has 3 N–H and O–H groups in total. The van der Waals surface area contributed by atoms with Crippen molar-refractivity contribution < 1.29 is 23.8 Å². The van der Waals surface area contributed by atoms with Crippen LogP contribution in [0.1, 0.15) is 61.3 Å². The van der Waals surface area contributed by atoms with Crippen molar-refractivity contribution in [2.45, 2.75) is 66.8 Å². The Morgan fingerprint density at radius 3 is 1.54 bits per heavy atom. The maximum Gasteiger partial charge on any atom is 0.234 e. The van der Waals surface area contributed by atoms with Crippen molar-refractivity contribution in [1.29, 1.82) is 0 Å². The SMILES string of the molecule is CC(C)CCNC(=O)CN(CCOCCOCCOCCNC(C)(C)C)CC(=O)NCCC(C)C. The number of nitrogens with one attached hydrogen (secondary N) is 3. The number of ether oxygens (including phenoxy) is 3. The summed E-state index contributed by atoms with van der Waals surface area (Å²) < 4.78 is 16.7. The molecule has 0 unspecified atom stereocenters. The van der Waals surface area contributed by atoms with E-state index in [0.29, 0.717) is 71.1 Å². The Balaban J connectivity index is 4.09. The lowest BCUT2D eigenvalue weighted by Crippen LogP contribution is -2.44. The molecule has 0 atom stereocenters. The van der Waals surface area contributed by atoms with Crippen LogP contribution < -0.4 is 16.0 Å². The van der Waals surface area contributed by atoms with Crippen LogP contribution in [0.25, 0.3) is 0 Å². The van der Waals surface area contributed by atoms with Gasteiger partial charge in [0.25, 0.3) is 0 Å². The summed E-state index contributed by atoms with van der Waals surface area (Å²) in [6, 6.07) is 0. The van der Waals surface area contributed by atoms with E-state index >= 15 is 0 Å². The van der Waals surface area contributed by atoms with Crippen LogP contribution in [-0.4, -0.2) is 101 Å². The maximum atomic E-state index is 12.3. The Morgan fingerprint density at radius 1 is 0.686 bits per heavy atom. The zero-order valence-electron chi connectivity index (χ0n) is 23.5. The van der Waals surface area contributed by atoms with E-state index in [1.165, 1.54) is 0 Å². The smallest absolute Gasteiger partial charge is 0.234 e. The fourth-order valence-corrected chi connectivity index (χ4v) is 2.97. The third-order valence-electron chi connectivity index (χ3n) is 5.02. The molecule has 0 aromatic carbocycles. The Kier molecular flexibility index (Phi) is 20.1. The quantitative estimate of drug-likeness (QED) is 0.195. The molecule has 0 aliphatic rings. The van der Waals surface area contributed by atoms with Crippen molar-refractivity contribution in [3.63, 3.8) is 0 Å². The van der Waals surface area contributed by atoms with Gasteiger partial charge in [0, 0.05) is 31.7 Å². The second-order valence-corrected chi connectivity index (χ2v) is 10.8. The summed E-state index contributed by atoms with van der Waals surface area (Å²) in [6.07, 6.45) is 1.87. The van der Waals surface area contributed by atoms with E-state index in [-0.39, 0.29) is 30.4 Å². The summed E-state index contributed by atoms with van der Waals surface area (Å²) in [5.74, 6) is 0.930. The largest absolute Gasteiger partial charge is 0.378 e. The normalized spacial score (nSPS) is 12.1. The highest BCUT2D eigenvalue weighted by atomic mass is 16.5. The van der Waals surface area contributed by atoms with Crippen LogP contribution in [0.3, 0.4) is 0 Å². The summed E-state index contributed by atoms with van der Waals surface area (Å²) in [4.78, 5) is 26.4. The summed E-state index contributed by atoms with van der Waals surface area (Å²) in [6.45, 7) is 20.9. The zero-order valence-corrected chi connectivity index (χ0v) is 23.5. The van der Waals surface area contributed by atoms with Gasteiger partial charge in [0.05, 0.1) is 52.7 Å². The molecule has 0 rings (SSSR count). The monoisotopic (exact) mass is 502 g/mol. The third-order valence-corrected chi connectivity index (χ3v) is 5.02. The number of carbonyl (C=O) groups is 2. The van der Waals surface area contributed by atoms with E-state index in [1.54, 1.807) is 0 Å². The molecule has 9 heteroatoms. The number of rotatable bonds is 22. The molecule has 0 saturated carbocycles. The molecule has 0 aromatic heterocycles. The van der Waals surface area contributed by atoms with E-state index < -0.39 is 0 Å². The molecule has 0 spiro atoms. The Morgan fingerprint density at radius 2 is 1.11 bits per heavy atom. The van der Waals surface area contributed by atoms with Crippen molar-refractivity contribution >= 4 is 11.8 Å². The summed E-state index contributed by atoms with van der Waals surface area (Å²) in [7, 11) is 0. The average molecular weight is 503 g/mol. The molecule has 35 heavy (non-hydrogen) atoms. The summed E-state index contributed by atoms with van der Waals surface area (Å²) >= 11 is 0. The molecule has 0 radical (unpaired) electrons. The van der Waals surface area contributed by atoms with Crippen molar-refractivity contribution in [2.75, 3.05) is 78.9 Å². The summed E-state index contributed by atoms with van der Waals surface area (Å²) in [5, 5.41) is 9.24. The highest BCUT2D eigenvalue weighted by molar-refractivity contribution is 5.81. The van der Waals surface area contributed by atoms with Gasteiger partial charge in [-0.2, -0.15) is 0 Å². The van der Waals surface area contributed by atoms with Gasteiger partial charge in [0.15, 0.2) is 0 Å². The van der Waals surface area contributed by atoms with E-state index in [9.17, 15) is 9.59 Å². The number of hydrogen-bond acceptors (Lipinski definition) is 7. The molecule has 9 nitrogen and oxygen atoms in total. The minimum absolute atomic E-state index is 0.0679. The number of carbonyl (C=O) groups excluding carboxylic acids is 2. The van der Waals surface area contributed by atoms with Crippen molar-refractivity contribution in [3.05, 3.63) is 0 Å². The molecule has 0 bridgehead atoms. The summed E-state index contributed by atoms with van der Waals surface area (Å²) in [5.41, 5.74) is 0.0991. The van der Waals surface area contributed by atoms with Crippen LogP contribution in [0.5, 0.6) is 0 Å². The van der Waals surface area contributed by atoms with Gasteiger partial charge in [0.2, 0.25) is 11.8 Å². The molecule has 0 saturated heterocycles. The zero-order chi connectivity index (χ0) is 26.5. The van der Waals surface area contributed by atoms with Gasteiger partial charge < -0.3 is 30.2 Å². The average Bonchev–Trinajstić information content (AvgIpc) is 2.73. The van der Waals surface area contributed by atoms with Crippen LogP contribution in [-0.2, 0) is 23.8 Å². The minimum Gasteiger partial charge on any atom is -0.378 e. The van der Waals surface area contributed by atoms with Crippen molar-refractivity contribution in [3.8, 4) is 0 Å².